The first-order valence-electron chi connectivity index (χ1n) is 7.24. The van der Waals surface area contributed by atoms with Crippen molar-refractivity contribution < 1.29 is 18.7 Å². The maximum atomic E-state index is 13.7. The van der Waals surface area contributed by atoms with Crippen molar-refractivity contribution in [2.24, 2.45) is 5.92 Å². The highest BCUT2D eigenvalue weighted by Crippen LogP contribution is 2.49. The lowest BCUT2D eigenvalue weighted by atomic mass is 10.1. The zero-order valence-corrected chi connectivity index (χ0v) is 12.5. The van der Waals surface area contributed by atoms with Gasteiger partial charge in [0.2, 0.25) is 5.91 Å². The third-order valence-corrected chi connectivity index (χ3v) is 3.84. The number of carbonyl (C=O) groups excluding carboxylic acids is 1. The number of rotatable bonds is 5. The molecule has 1 aliphatic carbocycles. The second kappa shape index (κ2) is 6.10. The van der Waals surface area contributed by atoms with Gasteiger partial charge in [0, 0.05) is 24.6 Å². The molecule has 1 aliphatic rings. The predicted octanol–water partition coefficient (Wildman–Crippen LogP) is 2.69. The van der Waals surface area contributed by atoms with Gasteiger partial charge in [-0.2, -0.15) is 0 Å². The van der Waals surface area contributed by atoms with E-state index < -0.39 is 17.7 Å². The van der Waals surface area contributed by atoms with E-state index in [0.29, 0.717) is 12.0 Å². The predicted molar refractivity (Wildman–Crippen MR) is 75.7 cm³/mol. The van der Waals surface area contributed by atoms with Crippen LogP contribution in [0.3, 0.4) is 0 Å². The Morgan fingerprint density at radius 1 is 1.38 bits per heavy atom. The summed E-state index contributed by atoms with van der Waals surface area (Å²) in [6, 6.07) is 3.46. The normalized spacial score (nSPS) is 22.2. The van der Waals surface area contributed by atoms with E-state index >= 15 is 0 Å². The average Bonchev–Trinajstić information content (AvgIpc) is 3.14. The smallest absolute Gasteiger partial charge is 0.226 e. The number of carbonyl (C=O) groups is 1. The number of aliphatic hydroxyl groups is 1. The van der Waals surface area contributed by atoms with Gasteiger partial charge in [-0.1, -0.05) is 6.07 Å². The number of hydrogen-bond donors (Lipinski definition) is 1. The summed E-state index contributed by atoms with van der Waals surface area (Å²) in [5, 5.41) is 9.48. The largest absolute Gasteiger partial charge is 0.392 e. The van der Waals surface area contributed by atoms with Gasteiger partial charge in [-0.15, -0.1) is 0 Å². The maximum Gasteiger partial charge on any atom is 0.226 e. The number of aliphatic hydroxyl groups excluding tert-OH is 1. The molecule has 0 spiro atoms. The SMILES string of the molecule is CC(O)CN(C(=O)C1CC1c1ccc(F)cc1F)C(C)C. The third kappa shape index (κ3) is 3.59. The van der Waals surface area contributed by atoms with Crippen molar-refractivity contribution in [2.45, 2.75) is 45.3 Å². The lowest BCUT2D eigenvalue weighted by Crippen LogP contribution is -2.42. The minimum atomic E-state index is -0.613. The van der Waals surface area contributed by atoms with Gasteiger partial charge in [-0.3, -0.25) is 4.79 Å². The van der Waals surface area contributed by atoms with Gasteiger partial charge in [0.15, 0.2) is 0 Å². The molecule has 1 amide bonds. The van der Waals surface area contributed by atoms with E-state index in [1.54, 1.807) is 11.8 Å². The Morgan fingerprint density at radius 2 is 2.05 bits per heavy atom. The van der Waals surface area contributed by atoms with Crippen LogP contribution in [0.15, 0.2) is 18.2 Å². The van der Waals surface area contributed by atoms with Gasteiger partial charge < -0.3 is 10.0 Å². The molecule has 1 aromatic rings. The lowest BCUT2D eigenvalue weighted by Gasteiger charge is -2.28. The van der Waals surface area contributed by atoms with Gasteiger partial charge in [0.05, 0.1) is 6.10 Å². The van der Waals surface area contributed by atoms with Crippen molar-refractivity contribution in [1.29, 1.82) is 0 Å². The molecule has 0 radical (unpaired) electrons. The standard InChI is InChI=1S/C16H21F2NO2/c1-9(2)19(8-10(3)20)16(21)14-7-13(14)12-5-4-11(17)6-15(12)18/h4-6,9-10,13-14,20H,7-8H2,1-3H3. The molecule has 3 nitrogen and oxygen atoms in total. The van der Waals surface area contributed by atoms with Gasteiger partial charge in [-0.25, -0.2) is 8.78 Å². The van der Waals surface area contributed by atoms with Crippen LogP contribution in [-0.4, -0.2) is 34.6 Å². The number of nitrogens with zero attached hydrogens (tertiary/aromatic N) is 1. The maximum absolute atomic E-state index is 13.7. The second-order valence-corrected chi connectivity index (χ2v) is 6.05. The summed E-state index contributed by atoms with van der Waals surface area (Å²) in [5.74, 6) is -1.74. The van der Waals surface area contributed by atoms with Crippen LogP contribution < -0.4 is 0 Å². The molecule has 5 heteroatoms. The Balaban J connectivity index is 2.09. The van der Waals surface area contributed by atoms with Gasteiger partial charge >= 0.3 is 0 Å². The molecule has 0 bridgehead atoms. The molecule has 3 unspecified atom stereocenters. The van der Waals surface area contributed by atoms with E-state index in [1.807, 2.05) is 13.8 Å². The molecule has 0 aliphatic heterocycles. The monoisotopic (exact) mass is 297 g/mol. The van der Waals surface area contributed by atoms with Crippen LogP contribution in [0.25, 0.3) is 0 Å². The third-order valence-electron chi connectivity index (χ3n) is 3.84. The summed E-state index contributed by atoms with van der Waals surface area (Å²) in [6.07, 6.45) is -0.0270. The fraction of sp³-hybridized carbons (Fsp3) is 0.562. The Morgan fingerprint density at radius 3 is 2.57 bits per heavy atom. The van der Waals surface area contributed by atoms with Crippen molar-refractivity contribution in [2.75, 3.05) is 6.54 Å². The first-order chi connectivity index (χ1) is 9.81. The molecule has 3 atom stereocenters. The van der Waals surface area contributed by atoms with E-state index in [-0.39, 0.29) is 30.3 Å². The van der Waals surface area contributed by atoms with Gasteiger partial charge in [0.1, 0.15) is 11.6 Å². The van der Waals surface area contributed by atoms with Crippen molar-refractivity contribution >= 4 is 5.91 Å². The fourth-order valence-corrected chi connectivity index (χ4v) is 2.67. The minimum Gasteiger partial charge on any atom is -0.392 e. The minimum absolute atomic E-state index is 0.0218. The van der Waals surface area contributed by atoms with Crippen molar-refractivity contribution in [3.63, 3.8) is 0 Å². The molecule has 1 aromatic carbocycles. The number of amides is 1. The molecule has 1 fully saturated rings. The van der Waals surface area contributed by atoms with E-state index in [4.69, 9.17) is 0 Å². The number of halogens is 2. The van der Waals surface area contributed by atoms with Gasteiger partial charge in [-0.05, 0) is 44.7 Å². The summed E-state index contributed by atoms with van der Waals surface area (Å²) in [4.78, 5) is 14.1. The Hall–Kier alpha value is -1.49. The van der Waals surface area contributed by atoms with E-state index in [2.05, 4.69) is 0 Å². The molecule has 2 rings (SSSR count). The quantitative estimate of drug-likeness (QED) is 0.908. The van der Waals surface area contributed by atoms with E-state index in [1.165, 1.54) is 12.1 Å². The van der Waals surface area contributed by atoms with Crippen molar-refractivity contribution in [3.8, 4) is 0 Å². The zero-order valence-electron chi connectivity index (χ0n) is 12.5. The highest BCUT2D eigenvalue weighted by atomic mass is 19.1. The molecular formula is C16H21F2NO2. The molecule has 0 heterocycles. The van der Waals surface area contributed by atoms with Crippen LogP contribution in [0.1, 0.15) is 38.7 Å². The zero-order chi connectivity index (χ0) is 15.7. The Kier molecular flexibility index (Phi) is 4.61. The number of hydrogen-bond acceptors (Lipinski definition) is 2. The summed E-state index contributed by atoms with van der Waals surface area (Å²) >= 11 is 0. The highest BCUT2D eigenvalue weighted by Gasteiger charge is 2.47. The fourth-order valence-electron chi connectivity index (χ4n) is 2.67. The first kappa shape index (κ1) is 15.9. The molecule has 0 saturated heterocycles. The molecule has 1 N–H and O–H groups in total. The van der Waals surface area contributed by atoms with Crippen molar-refractivity contribution in [3.05, 3.63) is 35.4 Å². The molecule has 21 heavy (non-hydrogen) atoms. The summed E-state index contributed by atoms with van der Waals surface area (Å²) < 4.78 is 26.7. The summed E-state index contributed by atoms with van der Waals surface area (Å²) in [5.41, 5.74) is 0.399. The Bertz CT molecular complexity index is 531. The lowest BCUT2D eigenvalue weighted by molar-refractivity contribution is -0.135. The van der Waals surface area contributed by atoms with E-state index in [0.717, 1.165) is 6.07 Å². The highest BCUT2D eigenvalue weighted by molar-refractivity contribution is 5.83. The van der Waals surface area contributed by atoms with E-state index in [9.17, 15) is 18.7 Å². The second-order valence-electron chi connectivity index (χ2n) is 6.05. The summed E-state index contributed by atoms with van der Waals surface area (Å²) in [6.45, 7) is 5.67. The average molecular weight is 297 g/mol. The molecular weight excluding hydrogens is 276 g/mol. The summed E-state index contributed by atoms with van der Waals surface area (Å²) in [7, 11) is 0. The van der Waals surface area contributed by atoms with Crippen LogP contribution >= 0.6 is 0 Å². The first-order valence-corrected chi connectivity index (χ1v) is 7.24. The Labute approximate surface area is 123 Å². The molecule has 0 aromatic heterocycles. The van der Waals surface area contributed by atoms with Crippen LogP contribution in [0.4, 0.5) is 8.78 Å². The van der Waals surface area contributed by atoms with Crippen LogP contribution in [0.5, 0.6) is 0 Å². The van der Waals surface area contributed by atoms with Gasteiger partial charge in [0.25, 0.3) is 0 Å². The van der Waals surface area contributed by atoms with Crippen LogP contribution in [-0.2, 0) is 4.79 Å². The van der Waals surface area contributed by atoms with Crippen LogP contribution in [0.2, 0.25) is 0 Å². The molecule has 116 valence electrons. The van der Waals surface area contributed by atoms with Crippen LogP contribution in [0, 0.1) is 17.6 Å². The van der Waals surface area contributed by atoms with Crippen molar-refractivity contribution in [1.82, 2.24) is 4.90 Å². The number of benzene rings is 1. The molecule has 1 saturated carbocycles. The topological polar surface area (TPSA) is 40.5 Å².